The van der Waals surface area contributed by atoms with Gasteiger partial charge in [0.15, 0.2) is 5.12 Å². The van der Waals surface area contributed by atoms with E-state index in [0.29, 0.717) is 0 Å². The topological polar surface area (TPSA) is 69.6 Å². The molecule has 4 nitrogen and oxygen atoms in total. The van der Waals surface area contributed by atoms with Crippen molar-refractivity contribution in [2.24, 2.45) is 0 Å². The molecule has 0 amide bonds. The SMILES string of the molecule is CC(=O)SCC(O)C(O)c1cccc2c1CCNC2. The van der Waals surface area contributed by atoms with Gasteiger partial charge in [-0.1, -0.05) is 30.0 Å². The van der Waals surface area contributed by atoms with E-state index in [1.165, 1.54) is 12.5 Å². The molecule has 0 saturated carbocycles. The molecule has 0 fully saturated rings. The third-order valence-corrected chi connectivity index (χ3v) is 4.23. The van der Waals surface area contributed by atoms with Gasteiger partial charge in [0.2, 0.25) is 0 Å². The lowest BCUT2D eigenvalue weighted by atomic mass is 9.91. The molecule has 19 heavy (non-hydrogen) atoms. The first-order valence-corrected chi connectivity index (χ1v) is 7.39. The fraction of sp³-hybridized carbons (Fsp3) is 0.500. The predicted octanol–water partition coefficient (Wildman–Crippen LogP) is 1.01. The van der Waals surface area contributed by atoms with Crippen molar-refractivity contribution in [2.75, 3.05) is 12.3 Å². The highest BCUT2D eigenvalue weighted by Gasteiger charge is 2.23. The second kappa shape index (κ2) is 6.52. The van der Waals surface area contributed by atoms with Crippen molar-refractivity contribution in [1.29, 1.82) is 0 Å². The minimum Gasteiger partial charge on any atom is -0.389 e. The Morgan fingerprint density at radius 2 is 2.26 bits per heavy atom. The molecule has 2 atom stereocenters. The zero-order chi connectivity index (χ0) is 13.8. The Balaban J connectivity index is 2.14. The fourth-order valence-electron chi connectivity index (χ4n) is 2.34. The summed E-state index contributed by atoms with van der Waals surface area (Å²) < 4.78 is 0. The molecule has 104 valence electrons. The van der Waals surface area contributed by atoms with Gasteiger partial charge in [-0.2, -0.15) is 0 Å². The van der Waals surface area contributed by atoms with E-state index in [4.69, 9.17) is 0 Å². The zero-order valence-electron chi connectivity index (χ0n) is 10.9. The van der Waals surface area contributed by atoms with E-state index < -0.39 is 12.2 Å². The van der Waals surface area contributed by atoms with Crippen LogP contribution in [0.4, 0.5) is 0 Å². The number of nitrogens with one attached hydrogen (secondary N) is 1. The van der Waals surface area contributed by atoms with E-state index in [2.05, 4.69) is 5.32 Å². The second-order valence-corrected chi connectivity index (χ2v) is 5.92. The van der Waals surface area contributed by atoms with E-state index >= 15 is 0 Å². The van der Waals surface area contributed by atoms with E-state index in [1.807, 2.05) is 18.2 Å². The summed E-state index contributed by atoms with van der Waals surface area (Å²) in [5.41, 5.74) is 3.09. The first-order chi connectivity index (χ1) is 9.09. The third-order valence-electron chi connectivity index (χ3n) is 3.32. The maximum absolute atomic E-state index is 10.9. The number of thioether (sulfide) groups is 1. The van der Waals surface area contributed by atoms with E-state index in [-0.39, 0.29) is 10.9 Å². The van der Waals surface area contributed by atoms with Crippen molar-refractivity contribution in [3.05, 3.63) is 34.9 Å². The average Bonchev–Trinajstić information content (AvgIpc) is 2.43. The lowest BCUT2D eigenvalue weighted by Crippen LogP contribution is -2.28. The van der Waals surface area contributed by atoms with Gasteiger partial charge in [-0.05, 0) is 29.7 Å². The van der Waals surface area contributed by atoms with Gasteiger partial charge in [-0.3, -0.25) is 4.79 Å². The van der Waals surface area contributed by atoms with Gasteiger partial charge >= 0.3 is 0 Å². The monoisotopic (exact) mass is 281 g/mol. The van der Waals surface area contributed by atoms with Crippen molar-refractivity contribution in [2.45, 2.75) is 32.1 Å². The molecule has 0 bridgehead atoms. The molecule has 0 radical (unpaired) electrons. The van der Waals surface area contributed by atoms with E-state index in [1.54, 1.807) is 0 Å². The second-order valence-electron chi connectivity index (χ2n) is 4.73. The number of carbonyl (C=O) groups is 1. The van der Waals surface area contributed by atoms with Crippen LogP contribution in [0.3, 0.4) is 0 Å². The summed E-state index contributed by atoms with van der Waals surface area (Å²) in [5.74, 6) is 0.221. The van der Waals surface area contributed by atoms with Crippen LogP contribution in [-0.2, 0) is 17.8 Å². The molecule has 1 aliphatic heterocycles. The van der Waals surface area contributed by atoms with Crippen molar-refractivity contribution in [1.82, 2.24) is 5.32 Å². The van der Waals surface area contributed by atoms with Crippen LogP contribution in [-0.4, -0.2) is 33.7 Å². The molecule has 3 N–H and O–H groups in total. The van der Waals surface area contributed by atoms with E-state index in [9.17, 15) is 15.0 Å². The lowest BCUT2D eigenvalue weighted by molar-refractivity contribution is -0.109. The number of fused-ring (bicyclic) bond motifs is 1. The van der Waals surface area contributed by atoms with Crippen LogP contribution in [0.5, 0.6) is 0 Å². The first kappa shape index (κ1) is 14.5. The van der Waals surface area contributed by atoms with Crippen LogP contribution in [0.2, 0.25) is 0 Å². The Labute approximate surface area is 117 Å². The molecular formula is C14H19NO3S. The maximum Gasteiger partial charge on any atom is 0.185 e. The van der Waals surface area contributed by atoms with Gasteiger partial charge in [-0.15, -0.1) is 0 Å². The number of hydrogen-bond donors (Lipinski definition) is 3. The maximum atomic E-state index is 10.9. The van der Waals surface area contributed by atoms with Crippen LogP contribution in [0.1, 0.15) is 29.7 Å². The van der Waals surface area contributed by atoms with Crippen LogP contribution in [0, 0.1) is 0 Å². The minimum atomic E-state index is -0.931. The Kier molecular flexibility index (Phi) is 4.99. The van der Waals surface area contributed by atoms with Gasteiger partial charge in [0.25, 0.3) is 0 Å². The van der Waals surface area contributed by atoms with Crippen molar-refractivity contribution >= 4 is 16.9 Å². The van der Waals surface area contributed by atoms with Gasteiger partial charge in [0.1, 0.15) is 6.10 Å². The van der Waals surface area contributed by atoms with Crippen molar-refractivity contribution in [3.63, 3.8) is 0 Å². The smallest absolute Gasteiger partial charge is 0.185 e. The molecule has 0 aliphatic carbocycles. The molecule has 5 heteroatoms. The summed E-state index contributed by atoms with van der Waals surface area (Å²) in [6.07, 6.45) is -0.995. The molecule has 2 unspecified atom stereocenters. The number of benzene rings is 1. The van der Waals surface area contributed by atoms with Crippen LogP contribution in [0.15, 0.2) is 18.2 Å². The molecular weight excluding hydrogens is 262 g/mol. The third kappa shape index (κ3) is 3.57. The molecule has 1 aromatic carbocycles. The number of hydrogen-bond acceptors (Lipinski definition) is 5. The molecule has 0 spiro atoms. The summed E-state index contributed by atoms with van der Waals surface area (Å²) in [4.78, 5) is 10.9. The lowest BCUT2D eigenvalue weighted by Gasteiger charge is -2.25. The predicted molar refractivity (Wildman–Crippen MR) is 76.0 cm³/mol. The summed E-state index contributed by atoms with van der Waals surface area (Å²) in [6, 6.07) is 5.79. The molecule has 0 saturated heterocycles. The highest BCUT2D eigenvalue weighted by Crippen LogP contribution is 2.27. The van der Waals surface area contributed by atoms with Gasteiger partial charge in [0, 0.05) is 19.2 Å². The molecule has 2 rings (SSSR count). The highest BCUT2D eigenvalue weighted by molar-refractivity contribution is 8.13. The van der Waals surface area contributed by atoms with Gasteiger partial charge in [0.05, 0.1) is 6.10 Å². The highest BCUT2D eigenvalue weighted by atomic mass is 32.2. The van der Waals surface area contributed by atoms with Crippen LogP contribution < -0.4 is 5.32 Å². The van der Waals surface area contributed by atoms with Gasteiger partial charge < -0.3 is 15.5 Å². The Morgan fingerprint density at radius 1 is 1.47 bits per heavy atom. The molecule has 1 aliphatic rings. The first-order valence-electron chi connectivity index (χ1n) is 6.40. The average molecular weight is 281 g/mol. The summed E-state index contributed by atoms with van der Waals surface area (Å²) >= 11 is 1.04. The van der Waals surface area contributed by atoms with E-state index in [0.717, 1.165) is 42.4 Å². The number of aliphatic hydroxyl groups excluding tert-OH is 2. The number of rotatable bonds is 4. The minimum absolute atomic E-state index is 0.0504. The summed E-state index contributed by atoms with van der Waals surface area (Å²) in [7, 11) is 0. The summed E-state index contributed by atoms with van der Waals surface area (Å²) in [6.45, 7) is 3.14. The molecule has 0 aromatic heterocycles. The Hall–Kier alpha value is -0.880. The largest absolute Gasteiger partial charge is 0.389 e. The zero-order valence-corrected chi connectivity index (χ0v) is 11.7. The molecule has 1 aromatic rings. The fourth-order valence-corrected chi connectivity index (χ4v) is 2.93. The quantitative estimate of drug-likeness (QED) is 0.768. The summed E-state index contributed by atoms with van der Waals surface area (Å²) in [5, 5.41) is 23.5. The normalized spacial score (nSPS) is 17.6. The molecule has 1 heterocycles. The van der Waals surface area contributed by atoms with Crippen LogP contribution >= 0.6 is 11.8 Å². The standard InChI is InChI=1S/C14H19NO3S/c1-9(16)19-8-13(17)14(18)12-4-2-3-10-7-15-6-5-11(10)12/h2-4,13-15,17-18H,5-8H2,1H3. The number of carbonyl (C=O) groups excluding carboxylic acids is 1. The van der Waals surface area contributed by atoms with Gasteiger partial charge in [-0.25, -0.2) is 0 Å². The Bertz CT molecular complexity index is 464. The van der Waals surface area contributed by atoms with Crippen LogP contribution in [0.25, 0.3) is 0 Å². The number of aliphatic hydroxyl groups is 2. The Morgan fingerprint density at radius 3 is 3.00 bits per heavy atom. The van der Waals surface area contributed by atoms with Crippen molar-refractivity contribution < 1.29 is 15.0 Å². The van der Waals surface area contributed by atoms with Crippen molar-refractivity contribution in [3.8, 4) is 0 Å².